The molecule has 0 saturated heterocycles. The third-order valence-corrected chi connectivity index (χ3v) is 4.64. The molecule has 0 saturated carbocycles. The van der Waals surface area contributed by atoms with Gasteiger partial charge in [0, 0.05) is 25.6 Å². The molecule has 2 aromatic carbocycles. The molecule has 2 aromatic rings. The standard InChI is InChI=1S/C20H21F3N2O.ClH/c1-13(8-14-3-6-18(7-4-14)20(21,22)23)19(26)25-10-15-2-5-16-11-24-12-17(16)9-15;/h2-7,9,13,24H,8,10-12H2,1H3,(H,25,26);1H. The average Bonchev–Trinajstić information content (AvgIpc) is 3.07. The molecular weight excluding hydrogens is 377 g/mol. The van der Waals surface area contributed by atoms with Crippen molar-refractivity contribution in [3.63, 3.8) is 0 Å². The second-order valence-corrected chi connectivity index (χ2v) is 6.72. The van der Waals surface area contributed by atoms with E-state index < -0.39 is 11.7 Å². The number of carbonyl (C=O) groups is 1. The van der Waals surface area contributed by atoms with E-state index in [1.54, 1.807) is 6.92 Å². The molecule has 1 aliphatic heterocycles. The molecule has 0 aliphatic carbocycles. The van der Waals surface area contributed by atoms with Crippen LogP contribution in [-0.2, 0) is 37.0 Å². The van der Waals surface area contributed by atoms with Crippen molar-refractivity contribution < 1.29 is 18.0 Å². The van der Waals surface area contributed by atoms with Crippen molar-refractivity contribution in [2.75, 3.05) is 0 Å². The minimum atomic E-state index is -4.34. The molecule has 1 aliphatic rings. The van der Waals surface area contributed by atoms with E-state index in [9.17, 15) is 18.0 Å². The van der Waals surface area contributed by atoms with E-state index >= 15 is 0 Å². The van der Waals surface area contributed by atoms with Gasteiger partial charge in [-0.1, -0.05) is 37.3 Å². The highest BCUT2D eigenvalue weighted by Gasteiger charge is 2.30. The molecule has 0 aromatic heterocycles. The SMILES string of the molecule is CC(Cc1ccc(C(F)(F)F)cc1)C(=O)NCc1ccc2c(c1)CNC2.Cl. The Morgan fingerprint density at radius 1 is 1.07 bits per heavy atom. The number of rotatable bonds is 5. The maximum atomic E-state index is 12.6. The molecule has 0 spiro atoms. The zero-order valence-electron chi connectivity index (χ0n) is 14.9. The van der Waals surface area contributed by atoms with Gasteiger partial charge in [0.15, 0.2) is 0 Å². The Kier molecular flexibility index (Phi) is 6.89. The van der Waals surface area contributed by atoms with Crippen molar-refractivity contribution in [2.24, 2.45) is 5.92 Å². The number of alkyl halides is 3. The summed E-state index contributed by atoms with van der Waals surface area (Å²) in [6, 6.07) is 11.1. The largest absolute Gasteiger partial charge is 0.416 e. The summed E-state index contributed by atoms with van der Waals surface area (Å²) in [5.74, 6) is -0.425. The molecule has 1 heterocycles. The van der Waals surface area contributed by atoms with Crippen LogP contribution in [0, 0.1) is 5.92 Å². The summed E-state index contributed by atoms with van der Waals surface area (Å²) in [6.07, 6.45) is -3.94. The number of hydrogen-bond donors (Lipinski definition) is 2. The summed E-state index contributed by atoms with van der Waals surface area (Å²) in [5, 5.41) is 6.19. The lowest BCUT2D eigenvalue weighted by Crippen LogP contribution is -2.29. The van der Waals surface area contributed by atoms with Gasteiger partial charge in [-0.05, 0) is 40.8 Å². The second kappa shape index (κ2) is 8.76. The first-order valence-corrected chi connectivity index (χ1v) is 8.58. The van der Waals surface area contributed by atoms with E-state index in [2.05, 4.69) is 22.8 Å². The maximum Gasteiger partial charge on any atom is 0.416 e. The molecule has 146 valence electrons. The van der Waals surface area contributed by atoms with Crippen LogP contribution >= 0.6 is 12.4 Å². The first-order valence-electron chi connectivity index (χ1n) is 8.58. The number of carbonyl (C=O) groups excluding carboxylic acids is 1. The van der Waals surface area contributed by atoms with Crippen molar-refractivity contribution in [3.8, 4) is 0 Å². The van der Waals surface area contributed by atoms with Crippen molar-refractivity contribution in [3.05, 3.63) is 70.3 Å². The Hall–Kier alpha value is -2.05. The molecule has 0 fully saturated rings. The number of amides is 1. The minimum absolute atomic E-state index is 0. The molecule has 1 atom stereocenters. The van der Waals surface area contributed by atoms with Crippen LogP contribution in [0.2, 0.25) is 0 Å². The van der Waals surface area contributed by atoms with Gasteiger partial charge in [0.05, 0.1) is 5.56 Å². The van der Waals surface area contributed by atoms with Crippen LogP contribution in [0.1, 0.15) is 34.7 Å². The quantitative estimate of drug-likeness (QED) is 0.791. The summed E-state index contributed by atoms with van der Waals surface area (Å²) in [4.78, 5) is 12.3. The molecular formula is C20H22ClF3N2O. The third-order valence-electron chi connectivity index (χ3n) is 4.64. The van der Waals surface area contributed by atoms with Gasteiger partial charge >= 0.3 is 6.18 Å². The number of nitrogens with one attached hydrogen (secondary N) is 2. The third kappa shape index (κ3) is 5.47. The first kappa shape index (κ1) is 21.3. The van der Waals surface area contributed by atoms with E-state index in [0.717, 1.165) is 30.8 Å². The van der Waals surface area contributed by atoms with Crippen molar-refractivity contribution >= 4 is 18.3 Å². The van der Waals surface area contributed by atoms with E-state index in [4.69, 9.17) is 0 Å². The number of benzene rings is 2. The smallest absolute Gasteiger partial charge is 0.352 e. The summed E-state index contributed by atoms with van der Waals surface area (Å²) < 4.78 is 37.8. The van der Waals surface area contributed by atoms with E-state index in [-0.39, 0.29) is 24.2 Å². The normalized spacial score (nSPS) is 14.2. The van der Waals surface area contributed by atoms with Gasteiger partial charge in [-0.2, -0.15) is 13.2 Å². The Morgan fingerprint density at radius 3 is 2.37 bits per heavy atom. The fourth-order valence-electron chi connectivity index (χ4n) is 3.10. The molecule has 7 heteroatoms. The zero-order chi connectivity index (χ0) is 18.7. The predicted molar refractivity (Wildman–Crippen MR) is 100 cm³/mol. The summed E-state index contributed by atoms with van der Waals surface area (Å²) in [5.41, 5.74) is 3.63. The molecule has 0 radical (unpaired) electrons. The lowest BCUT2D eigenvalue weighted by atomic mass is 9.99. The van der Waals surface area contributed by atoms with E-state index in [1.165, 1.54) is 23.3 Å². The van der Waals surface area contributed by atoms with Gasteiger partial charge in [0.1, 0.15) is 0 Å². The number of halogens is 4. The van der Waals surface area contributed by atoms with Crippen molar-refractivity contribution in [1.82, 2.24) is 10.6 Å². The second-order valence-electron chi connectivity index (χ2n) is 6.72. The fourth-order valence-corrected chi connectivity index (χ4v) is 3.10. The highest BCUT2D eigenvalue weighted by Crippen LogP contribution is 2.29. The average molecular weight is 399 g/mol. The topological polar surface area (TPSA) is 41.1 Å². The summed E-state index contributed by atoms with van der Waals surface area (Å²) in [7, 11) is 0. The Labute approximate surface area is 162 Å². The lowest BCUT2D eigenvalue weighted by molar-refractivity contribution is -0.137. The van der Waals surface area contributed by atoms with Crippen LogP contribution in [0.25, 0.3) is 0 Å². The molecule has 1 unspecified atom stereocenters. The Bertz CT molecular complexity index is 791. The van der Waals surface area contributed by atoms with Gasteiger partial charge in [-0.15, -0.1) is 12.4 Å². The Balaban J connectivity index is 0.00000261. The molecule has 2 N–H and O–H groups in total. The van der Waals surface area contributed by atoms with Crippen LogP contribution in [0.15, 0.2) is 42.5 Å². The zero-order valence-corrected chi connectivity index (χ0v) is 15.7. The van der Waals surface area contributed by atoms with Crippen LogP contribution in [0.4, 0.5) is 13.2 Å². The molecule has 27 heavy (non-hydrogen) atoms. The number of hydrogen-bond acceptors (Lipinski definition) is 2. The van der Waals surface area contributed by atoms with Gasteiger partial charge in [0.25, 0.3) is 0 Å². The molecule has 1 amide bonds. The minimum Gasteiger partial charge on any atom is -0.352 e. The van der Waals surface area contributed by atoms with Gasteiger partial charge in [-0.25, -0.2) is 0 Å². The fraction of sp³-hybridized carbons (Fsp3) is 0.350. The van der Waals surface area contributed by atoms with Crippen LogP contribution in [-0.4, -0.2) is 5.91 Å². The van der Waals surface area contributed by atoms with Crippen LogP contribution in [0.3, 0.4) is 0 Å². The highest BCUT2D eigenvalue weighted by molar-refractivity contribution is 5.85. The molecule has 0 bridgehead atoms. The van der Waals surface area contributed by atoms with Gasteiger partial charge in [-0.3, -0.25) is 4.79 Å². The van der Waals surface area contributed by atoms with E-state index in [0.29, 0.717) is 18.5 Å². The lowest BCUT2D eigenvalue weighted by Gasteiger charge is -2.14. The van der Waals surface area contributed by atoms with Crippen molar-refractivity contribution in [1.29, 1.82) is 0 Å². The van der Waals surface area contributed by atoms with Crippen molar-refractivity contribution in [2.45, 2.75) is 39.2 Å². The van der Waals surface area contributed by atoms with E-state index in [1.807, 2.05) is 6.07 Å². The van der Waals surface area contributed by atoms with Gasteiger partial charge in [0.2, 0.25) is 5.91 Å². The highest BCUT2D eigenvalue weighted by atomic mass is 35.5. The predicted octanol–water partition coefficient (Wildman–Crippen LogP) is 4.23. The van der Waals surface area contributed by atoms with Crippen LogP contribution in [0.5, 0.6) is 0 Å². The molecule has 3 nitrogen and oxygen atoms in total. The monoisotopic (exact) mass is 398 g/mol. The van der Waals surface area contributed by atoms with Gasteiger partial charge < -0.3 is 10.6 Å². The molecule has 3 rings (SSSR count). The maximum absolute atomic E-state index is 12.6. The summed E-state index contributed by atoms with van der Waals surface area (Å²) in [6.45, 7) is 3.96. The Morgan fingerprint density at radius 2 is 1.70 bits per heavy atom. The first-order chi connectivity index (χ1) is 12.3. The number of fused-ring (bicyclic) bond motifs is 1. The summed E-state index contributed by atoms with van der Waals surface area (Å²) >= 11 is 0. The van der Waals surface area contributed by atoms with Crippen LogP contribution < -0.4 is 10.6 Å².